The number of rotatable bonds is 5. The van der Waals surface area contributed by atoms with Crippen molar-refractivity contribution in [3.05, 3.63) is 129 Å². The predicted octanol–water partition coefficient (Wildman–Crippen LogP) is 4.19. The molecule has 2 amide bonds. The summed E-state index contributed by atoms with van der Waals surface area (Å²) in [4.78, 5) is 45.8. The van der Waals surface area contributed by atoms with Crippen LogP contribution >= 0.6 is 11.6 Å². The van der Waals surface area contributed by atoms with Gasteiger partial charge in [0.1, 0.15) is 0 Å². The third kappa shape index (κ3) is 4.35. The zero-order valence-electron chi connectivity index (χ0n) is 20.0. The largest absolute Gasteiger partial charge is 0.360 e. The van der Waals surface area contributed by atoms with Gasteiger partial charge >= 0.3 is 0 Å². The molecule has 188 valence electrons. The van der Waals surface area contributed by atoms with Gasteiger partial charge in [0, 0.05) is 58.6 Å². The van der Waals surface area contributed by atoms with Crippen LogP contribution in [0, 0.1) is 0 Å². The molecule has 38 heavy (non-hydrogen) atoms. The van der Waals surface area contributed by atoms with Crippen LogP contribution in [0.4, 0.5) is 0 Å². The van der Waals surface area contributed by atoms with E-state index in [0.717, 1.165) is 22.0 Å². The summed E-state index contributed by atoms with van der Waals surface area (Å²) in [6, 6.07) is 18.1. The molecule has 0 saturated carbocycles. The fraction of sp³-hybridized carbons (Fsp3) is 0.103. The molecule has 0 fully saturated rings. The van der Waals surface area contributed by atoms with E-state index >= 15 is 0 Å². The van der Waals surface area contributed by atoms with Crippen molar-refractivity contribution in [2.45, 2.75) is 18.5 Å². The van der Waals surface area contributed by atoms with Crippen molar-refractivity contribution in [2.24, 2.45) is 0 Å². The van der Waals surface area contributed by atoms with Gasteiger partial charge in [0.2, 0.25) is 0 Å². The number of hydrogen-bond donors (Lipinski definition) is 3. The number of aromatic nitrogens is 3. The van der Waals surface area contributed by atoms with Gasteiger partial charge in [-0.15, -0.1) is 0 Å². The van der Waals surface area contributed by atoms with Gasteiger partial charge < -0.3 is 15.6 Å². The Morgan fingerprint density at radius 2 is 1.76 bits per heavy atom. The number of carbonyl (C=O) groups excluding carboxylic acids is 2. The zero-order valence-corrected chi connectivity index (χ0v) is 20.8. The highest BCUT2D eigenvalue weighted by Gasteiger charge is 2.35. The summed E-state index contributed by atoms with van der Waals surface area (Å²) in [6.07, 6.45) is 7.34. The van der Waals surface area contributed by atoms with Gasteiger partial charge in [0.05, 0.1) is 17.1 Å². The number of aromatic amines is 1. The Morgan fingerprint density at radius 3 is 2.58 bits per heavy atom. The Morgan fingerprint density at radius 1 is 0.974 bits per heavy atom. The smallest absolute Gasteiger partial charge is 0.255 e. The highest BCUT2D eigenvalue weighted by Crippen LogP contribution is 2.32. The van der Waals surface area contributed by atoms with E-state index in [1.807, 2.05) is 12.1 Å². The second-order valence-electron chi connectivity index (χ2n) is 9.16. The van der Waals surface area contributed by atoms with Gasteiger partial charge in [0.15, 0.2) is 0 Å². The highest BCUT2D eigenvalue weighted by molar-refractivity contribution is 6.35. The van der Waals surface area contributed by atoms with Crippen molar-refractivity contribution in [2.75, 3.05) is 0 Å². The summed E-state index contributed by atoms with van der Waals surface area (Å²) in [7, 11) is 0. The standard InChI is InChI=1S/C29H22ClN5O3/c30-23-16-32-24-13-18(6-9-22(23)24)29(38)34-27-21-10-11-31-15-19(21)14-25(27)33-28(37)17-4-7-20(8-5-17)35-12-2-1-3-26(35)36/h1-13,15-16,25,27,32H,14H2,(H,33,37)(H,34,38)/t25-,27+/m0/s1. The molecule has 0 unspecified atom stereocenters. The molecule has 2 aromatic carbocycles. The molecular formula is C29H22ClN5O3. The Labute approximate surface area is 222 Å². The monoisotopic (exact) mass is 523 g/mol. The van der Waals surface area contributed by atoms with E-state index in [1.165, 1.54) is 10.6 Å². The molecule has 0 bridgehead atoms. The molecule has 1 aliphatic carbocycles. The lowest BCUT2D eigenvalue weighted by molar-refractivity contribution is 0.0888. The van der Waals surface area contributed by atoms with E-state index < -0.39 is 6.04 Å². The van der Waals surface area contributed by atoms with Crippen molar-refractivity contribution >= 4 is 34.3 Å². The molecule has 0 radical (unpaired) electrons. The highest BCUT2D eigenvalue weighted by atomic mass is 35.5. The summed E-state index contributed by atoms with van der Waals surface area (Å²) >= 11 is 6.17. The average Bonchev–Trinajstić information content (AvgIpc) is 3.48. The molecule has 8 nitrogen and oxygen atoms in total. The average molecular weight is 524 g/mol. The van der Waals surface area contributed by atoms with Crippen molar-refractivity contribution in [3.8, 4) is 5.69 Å². The van der Waals surface area contributed by atoms with Crippen LogP contribution in [0.25, 0.3) is 16.6 Å². The number of H-pyrrole nitrogens is 1. The molecular weight excluding hydrogens is 502 g/mol. The van der Waals surface area contributed by atoms with Crippen molar-refractivity contribution in [1.29, 1.82) is 0 Å². The van der Waals surface area contributed by atoms with Gasteiger partial charge in [-0.25, -0.2) is 0 Å². The summed E-state index contributed by atoms with van der Waals surface area (Å²) in [5.41, 5.74) is 4.09. The van der Waals surface area contributed by atoms with Crippen LogP contribution in [-0.2, 0) is 6.42 Å². The Kier molecular flexibility index (Phi) is 6.01. The van der Waals surface area contributed by atoms with Crippen molar-refractivity contribution in [1.82, 2.24) is 25.2 Å². The first-order valence-corrected chi connectivity index (χ1v) is 12.4. The van der Waals surface area contributed by atoms with Crippen LogP contribution < -0.4 is 16.2 Å². The number of halogens is 1. The molecule has 1 aliphatic rings. The van der Waals surface area contributed by atoms with Gasteiger partial charge in [-0.3, -0.25) is 23.9 Å². The zero-order chi connectivity index (χ0) is 26.2. The number of benzene rings is 2. The van der Waals surface area contributed by atoms with E-state index in [9.17, 15) is 14.4 Å². The third-order valence-corrected chi connectivity index (χ3v) is 7.16. The van der Waals surface area contributed by atoms with E-state index in [0.29, 0.717) is 28.3 Å². The first-order chi connectivity index (χ1) is 18.5. The van der Waals surface area contributed by atoms with Crippen LogP contribution in [0.2, 0.25) is 5.02 Å². The normalized spacial score (nSPS) is 16.2. The molecule has 3 heterocycles. The number of amides is 2. The molecule has 0 aliphatic heterocycles. The minimum Gasteiger partial charge on any atom is -0.360 e. The maximum atomic E-state index is 13.2. The van der Waals surface area contributed by atoms with E-state index in [-0.39, 0.29) is 23.4 Å². The lowest BCUT2D eigenvalue weighted by atomic mass is 10.1. The lowest BCUT2D eigenvalue weighted by Crippen LogP contribution is -2.44. The maximum Gasteiger partial charge on any atom is 0.255 e. The Balaban J connectivity index is 1.22. The molecule has 3 aromatic heterocycles. The van der Waals surface area contributed by atoms with Crippen LogP contribution in [0.15, 0.2) is 96.3 Å². The second-order valence-corrected chi connectivity index (χ2v) is 9.57. The molecule has 0 spiro atoms. The van der Waals surface area contributed by atoms with Gasteiger partial charge in [-0.1, -0.05) is 23.7 Å². The fourth-order valence-electron chi connectivity index (χ4n) is 4.92. The number of hydrogen-bond acceptors (Lipinski definition) is 4. The molecule has 3 N–H and O–H groups in total. The minimum absolute atomic E-state index is 0.154. The summed E-state index contributed by atoms with van der Waals surface area (Å²) in [5.74, 6) is -0.534. The Hall–Kier alpha value is -4.69. The first kappa shape index (κ1) is 23.7. The van der Waals surface area contributed by atoms with Gasteiger partial charge in [-0.05, 0) is 66.1 Å². The van der Waals surface area contributed by atoms with Gasteiger partial charge in [-0.2, -0.15) is 0 Å². The van der Waals surface area contributed by atoms with Crippen molar-refractivity contribution < 1.29 is 9.59 Å². The fourth-order valence-corrected chi connectivity index (χ4v) is 5.14. The summed E-state index contributed by atoms with van der Waals surface area (Å²) in [6.45, 7) is 0. The Bertz CT molecular complexity index is 1740. The van der Waals surface area contributed by atoms with Crippen LogP contribution in [0.1, 0.15) is 37.9 Å². The molecule has 6 rings (SSSR count). The topological polar surface area (TPSA) is 109 Å². The molecule has 2 atom stereocenters. The molecule has 0 saturated heterocycles. The SMILES string of the molecule is O=C(N[C@H]1Cc2cnccc2[C@H]1NC(=O)c1ccc2c(Cl)c[nH]c2c1)c1ccc(-n2ccccc2=O)cc1. The number of carbonyl (C=O) groups is 2. The van der Waals surface area contributed by atoms with Gasteiger partial charge in [0.25, 0.3) is 17.4 Å². The third-order valence-electron chi connectivity index (χ3n) is 6.85. The second kappa shape index (κ2) is 9.64. The van der Waals surface area contributed by atoms with E-state index in [4.69, 9.17) is 11.6 Å². The van der Waals surface area contributed by atoms with E-state index in [1.54, 1.807) is 73.3 Å². The van der Waals surface area contributed by atoms with E-state index in [2.05, 4.69) is 20.6 Å². The number of nitrogens with one attached hydrogen (secondary N) is 3. The molecule has 9 heteroatoms. The number of nitrogens with zero attached hydrogens (tertiary/aromatic N) is 2. The first-order valence-electron chi connectivity index (χ1n) is 12.1. The van der Waals surface area contributed by atoms with Crippen LogP contribution in [0.5, 0.6) is 0 Å². The maximum absolute atomic E-state index is 13.2. The minimum atomic E-state index is -0.436. The summed E-state index contributed by atoms with van der Waals surface area (Å²) < 4.78 is 1.51. The summed E-state index contributed by atoms with van der Waals surface area (Å²) in [5, 5.41) is 7.61. The number of fused-ring (bicyclic) bond motifs is 2. The number of pyridine rings is 2. The predicted molar refractivity (Wildman–Crippen MR) is 145 cm³/mol. The quantitative estimate of drug-likeness (QED) is 0.321. The van der Waals surface area contributed by atoms with Crippen LogP contribution in [0.3, 0.4) is 0 Å². The van der Waals surface area contributed by atoms with Crippen molar-refractivity contribution in [3.63, 3.8) is 0 Å². The molecule has 5 aromatic rings. The van der Waals surface area contributed by atoms with Crippen LogP contribution in [-0.4, -0.2) is 32.4 Å². The lowest BCUT2D eigenvalue weighted by Gasteiger charge is -2.23.